The van der Waals surface area contributed by atoms with Gasteiger partial charge in [-0.3, -0.25) is 14.4 Å². The van der Waals surface area contributed by atoms with Crippen molar-refractivity contribution in [3.63, 3.8) is 0 Å². The van der Waals surface area contributed by atoms with Crippen molar-refractivity contribution in [1.29, 1.82) is 0 Å². The summed E-state index contributed by atoms with van der Waals surface area (Å²) in [5.74, 6) is -2.44. The summed E-state index contributed by atoms with van der Waals surface area (Å²) in [6, 6.07) is -0.497. The number of fused-ring (bicyclic) bond motifs is 1. The summed E-state index contributed by atoms with van der Waals surface area (Å²) < 4.78 is -0.685. The number of aliphatic hydroxyl groups excluding tert-OH is 1. The van der Waals surface area contributed by atoms with Gasteiger partial charge in [0.2, 0.25) is 11.8 Å². The molecule has 32 heavy (non-hydrogen) atoms. The molecule has 1 aliphatic carbocycles. The number of carbonyl (C=O) groups is 3. The number of carboxylic acids is 1. The minimum atomic E-state index is -0.923. The highest BCUT2D eigenvalue weighted by atomic mass is 32.2. The first kappa shape index (κ1) is 23.6. The second-order valence-electron chi connectivity index (χ2n) is 9.92. The summed E-state index contributed by atoms with van der Waals surface area (Å²) in [4.78, 5) is 43.7. The second kappa shape index (κ2) is 9.37. The molecule has 0 aromatic rings. The maximum absolute atomic E-state index is 14.2. The van der Waals surface area contributed by atoms with Gasteiger partial charge in [0.15, 0.2) is 0 Å². The van der Waals surface area contributed by atoms with Gasteiger partial charge in [0.25, 0.3) is 0 Å². The van der Waals surface area contributed by atoms with Gasteiger partial charge in [-0.25, -0.2) is 0 Å². The van der Waals surface area contributed by atoms with Crippen LogP contribution in [0.3, 0.4) is 0 Å². The lowest BCUT2D eigenvalue weighted by Gasteiger charge is -2.43. The van der Waals surface area contributed by atoms with E-state index < -0.39 is 28.6 Å². The molecular formula is C24H36N2O5S. The number of rotatable bonds is 9. The van der Waals surface area contributed by atoms with E-state index in [0.717, 1.165) is 32.1 Å². The summed E-state index contributed by atoms with van der Waals surface area (Å²) in [5, 5.41) is 19.1. The lowest BCUT2D eigenvalue weighted by atomic mass is 9.66. The first-order valence-corrected chi connectivity index (χ1v) is 13.0. The van der Waals surface area contributed by atoms with E-state index >= 15 is 0 Å². The van der Waals surface area contributed by atoms with Gasteiger partial charge < -0.3 is 20.0 Å². The van der Waals surface area contributed by atoms with Gasteiger partial charge in [0.1, 0.15) is 6.04 Å². The molecule has 4 aliphatic rings. The molecule has 178 valence electrons. The van der Waals surface area contributed by atoms with Crippen molar-refractivity contribution in [1.82, 2.24) is 9.80 Å². The van der Waals surface area contributed by atoms with Crippen molar-refractivity contribution in [3.8, 4) is 0 Å². The molecule has 8 heteroatoms. The lowest BCUT2D eigenvalue weighted by Crippen LogP contribution is -2.59. The minimum absolute atomic E-state index is 0.0326. The molecule has 0 aromatic carbocycles. The number of unbranched alkanes of at least 4 members (excludes halogenated alkanes) is 1. The van der Waals surface area contributed by atoms with E-state index in [1.165, 1.54) is 6.42 Å². The van der Waals surface area contributed by atoms with E-state index in [2.05, 4.69) is 13.5 Å². The number of carbonyl (C=O) groups excluding carboxylic acids is 2. The highest BCUT2D eigenvalue weighted by Gasteiger charge is 2.76. The number of thioether (sulfide) groups is 1. The van der Waals surface area contributed by atoms with Crippen molar-refractivity contribution >= 4 is 29.5 Å². The molecule has 3 unspecified atom stereocenters. The lowest BCUT2D eigenvalue weighted by molar-refractivity contribution is -0.149. The third-order valence-corrected chi connectivity index (χ3v) is 10.3. The Morgan fingerprint density at radius 2 is 2.00 bits per heavy atom. The molecule has 3 aliphatic heterocycles. The smallest absolute Gasteiger partial charge is 0.308 e. The van der Waals surface area contributed by atoms with Crippen molar-refractivity contribution in [2.24, 2.45) is 17.8 Å². The van der Waals surface area contributed by atoms with Crippen LogP contribution in [-0.2, 0) is 14.4 Å². The molecule has 2 amide bonds. The fourth-order valence-electron chi connectivity index (χ4n) is 6.82. The molecule has 4 fully saturated rings. The SMILES string of the molecule is C=CCN(C(=O)C1N(CCCCO)C(=O)[C@@H]2[C@H](C(=O)O)[C@@H]3CC(C)C12S3)C1CCCCC1. The minimum Gasteiger partial charge on any atom is -0.481 e. The van der Waals surface area contributed by atoms with Crippen LogP contribution in [0.1, 0.15) is 58.3 Å². The van der Waals surface area contributed by atoms with E-state index in [9.17, 15) is 24.6 Å². The van der Waals surface area contributed by atoms with Crippen molar-refractivity contribution in [2.75, 3.05) is 19.7 Å². The Balaban J connectivity index is 1.73. The van der Waals surface area contributed by atoms with Crippen LogP contribution in [0.25, 0.3) is 0 Å². The van der Waals surface area contributed by atoms with E-state index in [0.29, 0.717) is 25.9 Å². The Morgan fingerprint density at radius 1 is 1.28 bits per heavy atom. The Kier molecular flexibility index (Phi) is 6.92. The van der Waals surface area contributed by atoms with Gasteiger partial charge >= 0.3 is 5.97 Å². The molecule has 7 nitrogen and oxygen atoms in total. The van der Waals surface area contributed by atoms with E-state index in [1.54, 1.807) is 22.7 Å². The van der Waals surface area contributed by atoms with Gasteiger partial charge in [-0.1, -0.05) is 32.3 Å². The summed E-state index contributed by atoms with van der Waals surface area (Å²) >= 11 is 1.59. The first-order valence-electron chi connectivity index (χ1n) is 12.1. The van der Waals surface area contributed by atoms with Crippen LogP contribution in [-0.4, -0.2) is 79.6 Å². The molecule has 0 radical (unpaired) electrons. The maximum atomic E-state index is 14.2. The largest absolute Gasteiger partial charge is 0.481 e. The fraction of sp³-hybridized carbons (Fsp3) is 0.792. The summed E-state index contributed by atoms with van der Waals surface area (Å²) in [7, 11) is 0. The second-order valence-corrected chi connectivity index (χ2v) is 11.5. The highest BCUT2D eigenvalue weighted by Crippen LogP contribution is 2.68. The molecule has 3 saturated heterocycles. The Labute approximate surface area is 194 Å². The maximum Gasteiger partial charge on any atom is 0.308 e. The number of hydrogen-bond acceptors (Lipinski definition) is 5. The topological polar surface area (TPSA) is 98.2 Å². The Hall–Kier alpha value is -1.54. The van der Waals surface area contributed by atoms with Crippen molar-refractivity contribution in [2.45, 2.75) is 80.4 Å². The zero-order chi connectivity index (χ0) is 23.0. The first-order chi connectivity index (χ1) is 15.4. The van der Waals surface area contributed by atoms with E-state index in [4.69, 9.17) is 0 Å². The van der Waals surface area contributed by atoms with Gasteiger partial charge in [-0.15, -0.1) is 18.3 Å². The molecule has 3 heterocycles. The number of carboxylic acid groups (broad SMARTS) is 1. The van der Waals surface area contributed by atoms with Crippen LogP contribution in [0.2, 0.25) is 0 Å². The zero-order valence-corrected chi connectivity index (χ0v) is 19.8. The van der Waals surface area contributed by atoms with Gasteiger partial charge in [0, 0.05) is 31.0 Å². The molecule has 6 atom stereocenters. The molecular weight excluding hydrogens is 428 g/mol. The van der Waals surface area contributed by atoms with Crippen LogP contribution in [0.15, 0.2) is 12.7 Å². The summed E-state index contributed by atoms with van der Waals surface area (Å²) in [5.41, 5.74) is 0. The molecule has 2 bridgehead atoms. The normalized spacial score (nSPS) is 36.4. The number of amides is 2. The predicted molar refractivity (Wildman–Crippen MR) is 123 cm³/mol. The summed E-state index contributed by atoms with van der Waals surface area (Å²) in [6.45, 7) is 6.82. The van der Waals surface area contributed by atoms with Gasteiger partial charge in [-0.05, 0) is 38.0 Å². The standard InChI is InChI=1S/C24H36N2O5S/c1-3-11-25(16-9-5-4-6-10-16)22(29)20-24-15(2)14-17(32-24)18(23(30)31)19(24)21(28)26(20)12-7-8-13-27/h3,15-20,27H,1,4-14H2,2H3,(H,30,31)/t15?,17-,18+,19-,20?,24?/m0/s1. The molecule has 1 spiro atoms. The van der Waals surface area contributed by atoms with Crippen molar-refractivity contribution in [3.05, 3.63) is 12.7 Å². The average molecular weight is 465 g/mol. The predicted octanol–water partition coefficient (Wildman–Crippen LogP) is 2.53. The van der Waals surface area contributed by atoms with Gasteiger partial charge in [0.05, 0.1) is 16.6 Å². The van der Waals surface area contributed by atoms with Crippen LogP contribution >= 0.6 is 11.8 Å². The fourth-order valence-corrected chi connectivity index (χ4v) is 9.23. The van der Waals surface area contributed by atoms with Crippen LogP contribution in [0.4, 0.5) is 0 Å². The summed E-state index contributed by atoms with van der Waals surface area (Å²) in [6.07, 6.45) is 8.93. The third-order valence-electron chi connectivity index (χ3n) is 8.20. The third kappa shape index (κ3) is 3.58. The number of nitrogens with zero attached hydrogens (tertiary/aromatic N) is 2. The molecule has 4 rings (SSSR count). The van der Waals surface area contributed by atoms with Crippen LogP contribution in [0.5, 0.6) is 0 Å². The molecule has 1 saturated carbocycles. The number of likely N-dealkylation sites (tertiary alicyclic amines) is 1. The van der Waals surface area contributed by atoms with Crippen LogP contribution < -0.4 is 0 Å². The molecule has 2 N–H and O–H groups in total. The average Bonchev–Trinajstić information content (AvgIpc) is 3.36. The quantitative estimate of drug-likeness (QED) is 0.402. The Bertz CT molecular complexity index is 769. The number of aliphatic carboxylic acids is 1. The van der Waals surface area contributed by atoms with E-state index in [1.807, 2.05) is 4.90 Å². The van der Waals surface area contributed by atoms with Crippen molar-refractivity contribution < 1.29 is 24.6 Å². The van der Waals surface area contributed by atoms with Crippen LogP contribution in [0, 0.1) is 17.8 Å². The molecule has 0 aromatic heterocycles. The number of aliphatic hydroxyl groups is 1. The zero-order valence-electron chi connectivity index (χ0n) is 18.9. The highest BCUT2D eigenvalue weighted by molar-refractivity contribution is 8.02. The monoisotopic (exact) mass is 464 g/mol. The Morgan fingerprint density at radius 3 is 2.62 bits per heavy atom. The van der Waals surface area contributed by atoms with E-state index in [-0.39, 0.29) is 35.6 Å². The number of hydrogen-bond donors (Lipinski definition) is 2. The van der Waals surface area contributed by atoms with Gasteiger partial charge in [-0.2, -0.15) is 0 Å².